The minimum atomic E-state index is -0.739. The van der Waals surface area contributed by atoms with Crippen LogP contribution in [0.1, 0.15) is 22.0 Å². The van der Waals surface area contributed by atoms with Crippen LogP contribution < -0.4 is 10.6 Å². The molecular weight excluding hydrogens is 412 g/mol. The molecule has 0 aromatic heterocycles. The van der Waals surface area contributed by atoms with E-state index in [0.717, 1.165) is 14.5 Å². The second kappa shape index (κ2) is 7.56. The quantitative estimate of drug-likeness (QED) is 0.788. The molecule has 114 valence electrons. The lowest BCUT2D eigenvalue weighted by atomic mass is 10.1. The summed E-state index contributed by atoms with van der Waals surface area (Å²) < 4.78 is 1.56. The molecule has 0 aliphatic heterocycles. The van der Waals surface area contributed by atoms with E-state index in [1.54, 1.807) is 31.3 Å². The Morgan fingerprint density at radius 1 is 1.00 bits per heavy atom. The Bertz CT molecular complexity index is 670. The number of carbonyl (C=O) groups is 2. The minimum Gasteiger partial charge on any atom is -0.357 e. The molecule has 22 heavy (non-hydrogen) atoms. The van der Waals surface area contributed by atoms with E-state index in [4.69, 9.17) is 0 Å². The molecule has 0 bridgehead atoms. The maximum absolute atomic E-state index is 12.4. The van der Waals surface area contributed by atoms with Crippen molar-refractivity contribution in [3.05, 3.63) is 68.6 Å². The molecule has 2 rings (SSSR count). The Hall–Kier alpha value is -1.66. The Labute approximate surface area is 145 Å². The fraction of sp³-hybridized carbons (Fsp3) is 0.125. The summed E-state index contributed by atoms with van der Waals surface area (Å²) in [5, 5.41) is 5.33. The van der Waals surface area contributed by atoms with Crippen LogP contribution in [0.25, 0.3) is 0 Å². The van der Waals surface area contributed by atoms with Crippen LogP contribution in [-0.2, 0) is 4.79 Å². The third-order valence-electron chi connectivity index (χ3n) is 3.04. The summed E-state index contributed by atoms with van der Waals surface area (Å²) in [5.74, 6) is -0.590. The number of hydrogen-bond donors (Lipinski definition) is 2. The van der Waals surface area contributed by atoms with Crippen LogP contribution in [0.2, 0.25) is 0 Å². The highest BCUT2D eigenvalue weighted by molar-refractivity contribution is 9.11. The number of likely N-dealkylation sites (N-methyl/N-ethyl adjacent to an activating group) is 1. The third-order valence-corrected chi connectivity index (χ3v) is 3.96. The summed E-state index contributed by atoms with van der Waals surface area (Å²) in [6.07, 6.45) is 0. The summed E-state index contributed by atoms with van der Waals surface area (Å²) in [7, 11) is 1.54. The Kier molecular flexibility index (Phi) is 5.74. The zero-order valence-electron chi connectivity index (χ0n) is 11.8. The van der Waals surface area contributed by atoms with E-state index in [-0.39, 0.29) is 11.8 Å². The second-order valence-electron chi connectivity index (χ2n) is 4.59. The lowest BCUT2D eigenvalue weighted by Gasteiger charge is -2.18. The monoisotopic (exact) mass is 424 g/mol. The molecule has 4 nitrogen and oxygen atoms in total. The van der Waals surface area contributed by atoms with E-state index in [2.05, 4.69) is 42.5 Å². The van der Waals surface area contributed by atoms with Gasteiger partial charge in [0.1, 0.15) is 6.04 Å². The summed E-state index contributed by atoms with van der Waals surface area (Å²) in [4.78, 5) is 24.5. The van der Waals surface area contributed by atoms with Crippen molar-refractivity contribution in [3.8, 4) is 0 Å². The van der Waals surface area contributed by atoms with Crippen molar-refractivity contribution in [1.82, 2.24) is 10.6 Å². The third kappa shape index (κ3) is 4.18. The smallest absolute Gasteiger partial charge is 0.252 e. The SMILES string of the molecule is CNC(=O)C(NC(=O)c1cc(Br)cc(Br)c1)c1ccccc1. The largest absolute Gasteiger partial charge is 0.357 e. The van der Waals surface area contributed by atoms with Crippen molar-refractivity contribution in [2.75, 3.05) is 7.05 Å². The second-order valence-corrected chi connectivity index (χ2v) is 6.42. The van der Waals surface area contributed by atoms with Gasteiger partial charge in [0, 0.05) is 21.6 Å². The van der Waals surface area contributed by atoms with Gasteiger partial charge in [0.05, 0.1) is 0 Å². The standard InChI is InChI=1S/C16H14Br2N2O2/c1-19-16(22)14(10-5-3-2-4-6-10)20-15(21)11-7-12(17)9-13(18)8-11/h2-9,14H,1H3,(H,19,22)(H,20,21). The van der Waals surface area contributed by atoms with E-state index in [9.17, 15) is 9.59 Å². The van der Waals surface area contributed by atoms with Gasteiger partial charge >= 0.3 is 0 Å². The number of hydrogen-bond acceptors (Lipinski definition) is 2. The summed E-state index contributed by atoms with van der Waals surface area (Å²) in [6, 6.07) is 13.6. The molecule has 0 spiro atoms. The van der Waals surface area contributed by atoms with Gasteiger partial charge < -0.3 is 10.6 Å². The van der Waals surface area contributed by atoms with Crippen molar-refractivity contribution in [3.63, 3.8) is 0 Å². The first-order chi connectivity index (χ1) is 10.5. The number of amides is 2. The normalized spacial score (nSPS) is 11.6. The first-order valence-corrected chi connectivity index (χ1v) is 8.13. The van der Waals surface area contributed by atoms with Crippen molar-refractivity contribution in [2.24, 2.45) is 0 Å². The average Bonchev–Trinajstić information content (AvgIpc) is 2.51. The van der Waals surface area contributed by atoms with Crippen LogP contribution in [-0.4, -0.2) is 18.9 Å². The van der Waals surface area contributed by atoms with Crippen molar-refractivity contribution in [1.29, 1.82) is 0 Å². The Morgan fingerprint density at radius 2 is 1.59 bits per heavy atom. The average molecular weight is 426 g/mol. The molecule has 0 aliphatic carbocycles. The van der Waals surface area contributed by atoms with Crippen molar-refractivity contribution < 1.29 is 9.59 Å². The van der Waals surface area contributed by atoms with Gasteiger partial charge in [-0.3, -0.25) is 9.59 Å². The van der Waals surface area contributed by atoms with Gasteiger partial charge in [-0.25, -0.2) is 0 Å². The highest BCUT2D eigenvalue weighted by atomic mass is 79.9. The number of halogens is 2. The lowest BCUT2D eigenvalue weighted by Crippen LogP contribution is -2.39. The fourth-order valence-corrected chi connectivity index (χ4v) is 3.28. The maximum atomic E-state index is 12.4. The number of carbonyl (C=O) groups excluding carboxylic acids is 2. The topological polar surface area (TPSA) is 58.2 Å². The molecule has 2 amide bonds. The molecule has 6 heteroatoms. The number of benzene rings is 2. The van der Waals surface area contributed by atoms with Crippen molar-refractivity contribution in [2.45, 2.75) is 6.04 Å². The van der Waals surface area contributed by atoms with Crippen LogP contribution in [0, 0.1) is 0 Å². The molecule has 0 saturated carbocycles. The predicted octanol–water partition coefficient (Wildman–Crippen LogP) is 3.43. The van der Waals surface area contributed by atoms with Crippen LogP contribution in [0.15, 0.2) is 57.5 Å². The van der Waals surface area contributed by atoms with Crippen LogP contribution in [0.3, 0.4) is 0 Å². The van der Waals surface area contributed by atoms with E-state index in [1.165, 1.54) is 0 Å². The zero-order chi connectivity index (χ0) is 16.1. The van der Waals surface area contributed by atoms with E-state index >= 15 is 0 Å². The fourth-order valence-electron chi connectivity index (χ4n) is 1.99. The summed E-state index contributed by atoms with van der Waals surface area (Å²) in [5.41, 5.74) is 1.19. The van der Waals surface area contributed by atoms with Gasteiger partial charge in [0.15, 0.2) is 0 Å². The molecule has 2 aromatic carbocycles. The highest BCUT2D eigenvalue weighted by Gasteiger charge is 2.22. The van der Waals surface area contributed by atoms with Crippen LogP contribution in [0.5, 0.6) is 0 Å². The van der Waals surface area contributed by atoms with Gasteiger partial charge in [-0.05, 0) is 23.8 Å². The van der Waals surface area contributed by atoms with Gasteiger partial charge in [0.25, 0.3) is 5.91 Å². The van der Waals surface area contributed by atoms with Gasteiger partial charge in [0.2, 0.25) is 5.91 Å². The van der Waals surface area contributed by atoms with E-state index in [1.807, 2.05) is 24.3 Å². The minimum absolute atomic E-state index is 0.270. The van der Waals surface area contributed by atoms with Gasteiger partial charge in [-0.15, -0.1) is 0 Å². The summed E-state index contributed by atoms with van der Waals surface area (Å²) in [6.45, 7) is 0. The molecule has 0 radical (unpaired) electrons. The summed E-state index contributed by atoms with van der Waals surface area (Å²) >= 11 is 6.69. The molecule has 2 aromatic rings. The molecule has 2 N–H and O–H groups in total. The predicted molar refractivity (Wildman–Crippen MR) is 92.6 cm³/mol. The molecule has 0 aliphatic rings. The number of rotatable bonds is 4. The lowest BCUT2D eigenvalue weighted by molar-refractivity contribution is -0.122. The molecule has 1 atom stereocenters. The highest BCUT2D eigenvalue weighted by Crippen LogP contribution is 2.21. The number of nitrogens with one attached hydrogen (secondary N) is 2. The van der Waals surface area contributed by atoms with E-state index in [0.29, 0.717) is 5.56 Å². The van der Waals surface area contributed by atoms with Crippen LogP contribution in [0.4, 0.5) is 0 Å². The molecule has 0 heterocycles. The van der Waals surface area contributed by atoms with Gasteiger partial charge in [-0.2, -0.15) is 0 Å². The first kappa shape index (κ1) is 16.7. The van der Waals surface area contributed by atoms with E-state index < -0.39 is 6.04 Å². The maximum Gasteiger partial charge on any atom is 0.252 e. The first-order valence-electron chi connectivity index (χ1n) is 6.54. The Morgan fingerprint density at radius 3 is 2.14 bits per heavy atom. The van der Waals surface area contributed by atoms with Crippen LogP contribution >= 0.6 is 31.9 Å². The zero-order valence-corrected chi connectivity index (χ0v) is 14.9. The molecular formula is C16H14Br2N2O2. The molecule has 1 unspecified atom stereocenters. The Balaban J connectivity index is 2.27. The molecule has 0 saturated heterocycles. The van der Waals surface area contributed by atoms with Crippen molar-refractivity contribution >= 4 is 43.7 Å². The molecule has 0 fully saturated rings. The van der Waals surface area contributed by atoms with Gasteiger partial charge in [-0.1, -0.05) is 62.2 Å².